The third kappa shape index (κ3) is 5.45. The van der Waals surface area contributed by atoms with Crippen molar-refractivity contribution in [2.75, 3.05) is 10.2 Å². The van der Waals surface area contributed by atoms with Crippen LogP contribution in [-0.2, 0) is 19.2 Å². The normalized spacial score (nSPS) is 16.4. The number of nitrogens with zero attached hydrogens (tertiary/aromatic N) is 1. The van der Waals surface area contributed by atoms with Crippen molar-refractivity contribution in [2.24, 2.45) is 0 Å². The lowest BCUT2D eigenvalue weighted by Crippen LogP contribution is -2.31. The summed E-state index contributed by atoms with van der Waals surface area (Å²) in [6.45, 7) is 0. The van der Waals surface area contributed by atoms with Crippen LogP contribution in [0.1, 0.15) is 6.42 Å². The summed E-state index contributed by atoms with van der Waals surface area (Å²) in [5.74, 6) is -2.25. The zero-order valence-corrected chi connectivity index (χ0v) is 17.8. The molecule has 3 amide bonds. The van der Waals surface area contributed by atoms with Gasteiger partial charge in [0, 0.05) is 32.7 Å². The number of amides is 3. The van der Waals surface area contributed by atoms with E-state index in [0.717, 1.165) is 20.6 Å². The van der Waals surface area contributed by atoms with Crippen molar-refractivity contribution < 1.29 is 24.3 Å². The Hall–Kier alpha value is -2.66. The molecule has 2 aromatic rings. The number of carbonyl (C=O) groups excluding carboxylic acids is 3. The molecule has 7 nitrogen and oxygen atoms in total. The van der Waals surface area contributed by atoms with Gasteiger partial charge in [-0.3, -0.25) is 14.4 Å². The van der Waals surface area contributed by atoms with E-state index in [1.807, 2.05) is 12.1 Å². The number of carbonyl (C=O) groups is 4. The molecule has 148 valence electrons. The molecule has 1 aliphatic rings. The average Bonchev–Trinajstić information content (AvgIpc) is 2.96. The van der Waals surface area contributed by atoms with E-state index < -0.39 is 17.1 Å². The van der Waals surface area contributed by atoms with Gasteiger partial charge in [-0.15, -0.1) is 11.8 Å². The zero-order valence-electron chi connectivity index (χ0n) is 14.9. The highest BCUT2D eigenvalue weighted by Crippen LogP contribution is 2.34. The lowest BCUT2D eigenvalue weighted by molar-refractivity contribution is -0.131. The predicted molar refractivity (Wildman–Crippen MR) is 118 cm³/mol. The second-order valence-electron chi connectivity index (χ2n) is 6.04. The van der Waals surface area contributed by atoms with Crippen molar-refractivity contribution >= 4 is 69.4 Å². The number of carboxylic acid groups (broad SMARTS) is 1. The fourth-order valence-corrected chi connectivity index (χ4v) is 4.08. The number of carboxylic acids is 1. The van der Waals surface area contributed by atoms with E-state index in [1.165, 1.54) is 16.7 Å². The Morgan fingerprint density at radius 1 is 1.07 bits per heavy atom. The number of nitrogens with one attached hydrogen (secondary N) is 1. The first kappa shape index (κ1) is 21.1. The van der Waals surface area contributed by atoms with Gasteiger partial charge in [-0.05, 0) is 71.1 Å². The third-order valence-corrected chi connectivity index (χ3v) is 5.88. The monoisotopic (exact) mass is 522 g/mol. The van der Waals surface area contributed by atoms with Crippen LogP contribution < -0.4 is 10.2 Å². The topological polar surface area (TPSA) is 104 Å². The molecule has 0 aromatic heterocycles. The van der Waals surface area contributed by atoms with Crippen LogP contribution in [0.5, 0.6) is 0 Å². The number of hydrogen-bond acceptors (Lipinski definition) is 5. The third-order valence-electron chi connectivity index (χ3n) is 3.97. The first-order valence-corrected chi connectivity index (χ1v) is 10.4. The van der Waals surface area contributed by atoms with Gasteiger partial charge in [-0.25, -0.2) is 9.69 Å². The van der Waals surface area contributed by atoms with E-state index in [1.54, 1.807) is 36.4 Å². The lowest BCUT2D eigenvalue weighted by atomic mass is 10.3. The Morgan fingerprint density at radius 3 is 2.34 bits per heavy atom. The van der Waals surface area contributed by atoms with Crippen LogP contribution in [0.3, 0.4) is 0 Å². The molecule has 1 atom stereocenters. The van der Waals surface area contributed by atoms with Crippen LogP contribution in [0.4, 0.5) is 11.4 Å². The molecule has 0 radical (unpaired) electrons. The minimum atomic E-state index is -1.21. The van der Waals surface area contributed by atoms with Gasteiger partial charge in [0.25, 0.3) is 0 Å². The number of imide groups is 1. The standard InChI is InChI=1S/C20H15IN2O5S/c21-12-1-5-14(6-2-12)23-18(25)11-16(20(23)28)29-15-7-3-13(4-8-15)22-17(24)9-10-19(26)27/h1-10,16H,11H2,(H,22,24)(H,26,27)/b10-9+/t16-/m1/s1. The SMILES string of the molecule is O=C(O)/C=C/C(=O)Nc1ccc(S[C@@H]2CC(=O)N(c3ccc(I)cc3)C2=O)cc1. The Balaban J connectivity index is 1.64. The lowest BCUT2D eigenvalue weighted by Gasteiger charge is -2.15. The van der Waals surface area contributed by atoms with E-state index in [-0.39, 0.29) is 18.2 Å². The number of halogens is 1. The van der Waals surface area contributed by atoms with Gasteiger partial charge in [0.1, 0.15) is 0 Å². The summed E-state index contributed by atoms with van der Waals surface area (Å²) < 4.78 is 1.02. The molecule has 1 saturated heterocycles. The summed E-state index contributed by atoms with van der Waals surface area (Å²) in [6.07, 6.45) is 1.79. The summed E-state index contributed by atoms with van der Waals surface area (Å²) >= 11 is 3.45. The first-order valence-electron chi connectivity index (χ1n) is 8.44. The van der Waals surface area contributed by atoms with Crippen LogP contribution >= 0.6 is 34.4 Å². The largest absolute Gasteiger partial charge is 0.478 e. The molecular formula is C20H15IN2O5S. The molecule has 1 aliphatic heterocycles. The van der Waals surface area contributed by atoms with E-state index >= 15 is 0 Å². The van der Waals surface area contributed by atoms with Crippen molar-refractivity contribution in [3.05, 3.63) is 64.3 Å². The van der Waals surface area contributed by atoms with Gasteiger partial charge in [0.05, 0.1) is 10.9 Å². The fourth-order valence-electron chi connectivity index (χ4n) is 2.67. The summed E-state index contributed by atoms with van der Waals surface area (Å²) in [5.41, 5.74) is 1.06. The molecule has 9 heteroatoms. The first-order chi connectivity index (χ1) is 13.8. The number of aliphatic carboxylic acids is 1. The van der Waals surface area contributed by atoms with Gasteiger partial charge >= 0.3 is 5.97 Å². The van der Waals surface area contributed by atoms with E-state index in [2.05, 4.69) is 27.9 Å². The average molecular weight is 522 g/mol. The minimum Gasteiger partial charge on any atom is -0.478 e. The van der Waals surface area contributed by atoms with Crippen LogP contribution in [0.25, 0.3) is 0 Å². The van der Waals surface area contributed by atoms with E-state index in [4.69, 9.17) is 5.11 Å². The summed E-state index contributed by atoms with van der Waals surface area (Å²) in [7, 11) is 0. The highest BCUT2D eigenvalue weighted by Gasteiger charge is 2.40. The minimum absolute atomic E-state index is 0.119. The smallest absolute Gasteiger partial charge is 0.328 e. The Bertz CT molecular complexity index is 989. The zero-order chi connectivity index (χ0) is 21.0. The maximum atomic E-state index is 12.7. The molecule has 0 bridgehead atoms. The van der Waals surface area contributed by atoms with Gasteiger partial charge in [0.2, 0.25) is 17.7 Å². The van der Waals surface area contributed by atoms with E-state index in [0.29, 0.717) is 11.4 Å². The summed E-state index contributed by atoms with van der Waals surface area (Å²) in [6, 6.07) is 13.9. The maximum absolute atomic E-state index is 12.7. The van der Waals surface area contributed by atoms with Gasteiger partial charge in [-0.2, -0.15) is 0 Å². The van der Waals surface area contributed by atoms with Gasteiger partial charge in [0.15, 0.2) is 0 Å². The number of anilines is 2. The fraction of sp³-hybridized carbons (Fsp3) is 0.100. The summed E-state index contributed by atoms with van der Waals surface area (Å²) in [5, 5.41) is 10.5. The Morgan fingerprint density at radius 2 is 1.72 bits per heavy atom. The van der Waals surface area contributed by atoms with Crippen LogP contribution in [-0.4, -0.2) is 34.0 Å². The maximum Gasteiger partial charge on any atom is 0.328 e. The van der Waals surface area contributed by atoms with Crippen molar-refractivity contribution in [2.45, 2.75) is 16.6 Å². The molecule has 29 heavy (non-hydrogen) atoms. The number of rotatable bonds is 6. The number of thioether (sulfide) groups is 1. The van der Waals surface area contributed by atoms with Crippen molar-refractivity contribution in [3.8, 4) is 0 Å². The molecule has 0 spiro atoms. The molecule has 0 unspecified atom stereocenters. The molecule has 2 N–H and O–H groups in total. The molecule has 1 fully saturated rings. The molecule has 0 saturated carbocycles. The van der Waals surface area contributed by atoms with Crippen LogP contribution in [0.15, 0.2) is 65.6 Å². The molecule has 2 aromatic carbocycles. The number of benzene rings is 2. The number of hydrogen-bond donors (Lipinski definition) is 2. The molecular weight excluding hydrogens is 507 g/mol. The second kappa shape index (κ2) is 9.23. The molecule has 3 rings (SSSR count). The van der Waals surface area contributed by atoms with E-state index in [9.17, 15) is 19.2 Å². The quantitative estimate of drug-likeness (QED) is 0.343. The van der Waals surface area contributed by atoms with Crippen molar-refractivity contribution in [1.82, 2.24) is 0 Å². The van der Waals surface area contributed by atoms with Gasteiger partial charge in [-0.1, -0.05) is 0 Å². The Kier molecular flexibility index (Phi) is 6.70. The predicted octanol–water partition coefficient (Wildman–Crippen LogP) is 3.29. The van der Waals surface area contributed by atoms with Crippen molar-refractivity contribution in [1.29, 1.82) is 0 Å². The van der Waals surface area contributed by atoms with Crippen molar-refractivity contribution in [3.63, 3.8) is 0 Å². The second-order valence-corrected chi connectivity index (χ2v) is 8.56. The van der Waals surface area contributed by atoms with Crippen LogP contribution in [0, 0.1) is 3.57 Å². The Labute approximate surface area is 184 Å². The summed E-state index contributed by atoms with van der Waals surface area (Å²) in [4.78, 5) is 49.1. The molecule has 0 aliphatic carbocycles. The molecule has 1 heterocycles. The highest BCUT2D eigenvalue weighted by atomic mass is 127. The highest BCUT2D eigenvalue weighted by molar-refractivity contribution is 14.1. The van der Waals surface area contributed by atoms with Gasteiger partial charge < -0.3 is 10.4 Å². The van der Waals surface area contributed by atoms with Crippen LogP contribution in [0.2, 0.25) is 0 Å².